The van der Waals surface area contributed by atoms with Crippen molar-refractivity contribution in [2.45, 2.75) is 25.3 Å². The van der Waals surface area contributed by atoms with Crippen LogP contribution in [0.1, 0.15) is 30.0 Å². The van der Waals surface area contributed by atoms with Crippen molar-refractivity contribution < 1.29 is 0 Å². The lowest BCUT2D eigenvalue weighted by molar-refractivity contribution is 0.336. The van der Waals surface area contributed by atoms with E-state index in [2.05, 4.69) is 58.0 Å². The van der Waals surface area contributed by atoms with Crippen molar-refractivity contribution in [1.29, 1.82) is 0 Å². The van der Waals surface area contributed by atoms with Gasteiger partial charge in [-0.1, -0.05) is 30.3 Å². The number of rotatable bonds is 1. The van der Waals surface area contributed by atoms with E-state index in [1.807, 2.05) is 0 Å². The monoisotopic (exact) mass is 305 g/mol. The minimum Gasteiger partial charge on any atom is -0.376 e. The number of nitrogens with zero attached hydrogens (tertiary/aromatic N) is 1. The Morgan fingerprint density at radius 3 is 2.74 bits per heavy atom. The van der Waals surface area contributed by atoms with Gasteiger partial charge in [-0.2, -0.15) is 0 Å². The molecule has 5 rings (SSSR count). The highest BCUT2D eigenvalue weighted by Gasteiger charge is 2.35. The van der Waals surface area contributed by atoms with E-state index < -0.39 is 0 Å². The molecule has 2 N–H and O–H groups in total. The average Bonchev–Trinajstić information content (AvgIpc) is 2.98. The summed E-state index contributed by atoms with van der Waals surface area (Å²) in [6, 6.07) is 16.2. The molecular weight excluding hydrogens is 282 g/mol. The molecule has 1 fully saturated rings. The first-order valence-corrected chi connectivity index (χ1v) is 8.87. The van der Waals surface area contributed by atoms with Gasteiger partial charge in [0, 0.05) is 12.2 Å². The van der Waals surface area contributed by atoms with E-state index >= 15 is 0 Å². The van der Waals surface area contributed by atoms with Crippen LogP contribution in [0, 0.1) is 5.92 Å². The van der Waals surface area contributed by atoms with E-state index in [0.29, 0.717) is 12.0 Å². The topological polar surface area (TPSA) is 27.3 Å². The fourth-order valence-electron chi connectivity index (χ4n) is 4.60. The second-order valence-electron chi connectivity index (χ2n) is 6.98. The molecule has 3 heteroatoms. The van der Waals surface area contributed by atoms with Crippen molar-refractivity contribution in [1.82, 2.24) is 5.32 Å². The first-order chi connectivity index (χ1) is 11.4. The van der Waals surface area contributed by atoms with E-state index in [1.165, 1.54) is 41.0 Å². The summed E-state index contributed by atoms with van der Waals surface area (Å²) in [5.41, 5.74) is 7.13. The number of hydrogen-bond donors (Lipinski definition) is 2. The molecule has 118 valence electrons. The summed E-state index contributed by atoms with van der Waals surface area (Å²) in [6.07, 6.45) is 3.67. The maximum atomic E-state index is 3.91. The Bertz CT molecular complexity index is 733. The number of piperidine rings is 1. The zero-order valence-corrected chi connectivity index (χ0v) is 13.4. The van der Waals surface area contributed by atoms with Gasteiger partial charge in [0.25, 0.3) is 0 Å². The molecule has 1 atom stereocenters. The van der Waals surface area contributed by atoms with Crippen LogP contribution in [0.3, 0.4) is 0 Å². The molecule has 1 unspecified atom stereocenters. The van der Waals surface area contributed by atoms with Crippen LogP contribution in [0.15, 0.2) is 42.5 Å². The van der Waals surface area contributed by atoms with E-state index in [9.17, 15) is 0 Å². The third-order valence-corrected chi connectivity index (χ3v) is 5.72. The Morgan fingerprint density at radius 1 is 0.957 bits per heavy atom. The second-order valence-corrected chi connectivity index (χ2v) is 6.98. The molecular formula is C20H23N3. The molecule has 2 aromatic carbocycles. The molecule has 0 amide bonds. The van der Waals surface area contributed by atoms with Gasteiger partial charge >= 0.3 is 0 Å². The highest BCUT2D eigenvalue weighted by atomic mass is 15.2. The van der Waals surface area contributed by atoms with Crippen molar-refractivity contribution >= 4 is 17.1 Å². The fourth-order valence-corrected chi connectivity index (χ4v) is 4.60. The zero-order valence-electron chi connectivity index (χ0n) is 13.4. The maximum absolute atomic E-state index is 3.91. The van der Waals surface area contributed by atoms with Crippen molar-refractivity contribution in [2.75, 3.05) is 29.9 Å². The van der Waals surface area contributed by atoms with Crippen LogP contribution in [-0.4, -0.2) is 19.6 Å². The van der Waals surface area contributed by atoms with Crippen LogP contribution < -0.4 is 15.5 Å². The molecule has 1 saturated heterocycles. The third kappa shape index (κ3) is 2.07. The summed E-state index contributed by atoms with van der Waals surface area (Å²) in [6.45, 7) is 3.39. The van der Waals surface area contributed by atoms with Gasteiger partial charge in [-0.3, -0.25) is 0 Å². The van der Waals surface area contributed by atoms with Crippen LogP contribution in [0.4, 0.5) is 17.1 Å². The SMILES string of the molecule is c1ccc2c(c1)NC(C1CCNCC1)c1cccc3c1N2CC3. The Labute approximate surface area is 137 Å². The first-order valence-electron chi connectivity index (χ1n) is 8.87. The standard InChI is InChI=1S/C20H23N3/c1-2-7-18-17(6-1)22-19(14-8-11-21-12-9-14)16-5-3-4-15-10-13-23(18)20(15)16/h1-7,14,19,21-22H,8-13H2. The number of benzene rings is 2. The summed E-state index contributed by atoms with van der Waals surface area (Å²) in [5.74, 6) is 0.705. The lowest BCUT2D eigenvalue weighted by Gasteiger charge is -2.32. The molecule has 3 aliphatic heterocycles. The Hall–Kier alpha value is -2.00. The molecule has 23 heavy (non-hydrogen) atoms. The van der Waals surface area contributed by atoms with Gasteiger partial charge in [-0.05, 0) is 61.5 Å². The Balaban J connectivity index is 1.68. The maximum Gasteiger partial charge on any atom is 0.0646 e. The molecule has 3 aliphatic rings. The highest BCUT2D eigenvalue weighted by Crippen LogP contribution is 2.49. The molecule has 3 nitrogen and oxygen atoms in total. The van der Waals surface area contributed by atoms with Gasteiger partial charge in [0.2, 0.25) is 0 Å². The normalized spacial score (nSPS) is 23.0. The highest BCUT2D eigenvalue weighted by molar-refractivity contribution is 5.84. The molecule has 0 radical (unpaired) electrons. The predicted molar refractivity (Wildman–Crippen MR) is 95.6 cm³/mol. The van der Waals surface area contributed by atoms with Gasteiger partial charge < -0.3 is 15.5 Å². The van der Waals surface area contributed by atoms with Gasteiger partial charge in [-0.15, -0.1) is 0 Å². The minimum atomic E-state index is 0.427. The van der Waals surface area contributed by atoms with Crippen LogP contribution in [-0.2, 0) is 6.42 Å². The van der Waals surface area contributed by atoms with Crippen LogP contribution >= 0.6 is 0 Å². The van der Waals surface area contributed by atoms with Crippen LogP contribution in [0.2, 0.25) is 0 Å². The molecule has 0 aliphatic carbocycles. The van der Waals surface area contributed by atoms with Gasteiger partial charge in [0.05, 0.1) is 17.4 Å². The number of anilines is 3. The summed E-state index contributed by atoms with van der Waals surface area (Å²) in [7, 11) is 0. The van der Waals surface area contributed by atoms with Crippen molar-refractivity contribution in [3.05, 3.63) is 53.6 Å². The summed E-state index contributed by atoms with van der Waals surface area (Å²) in [5, 5.41) is 7.41. The average molecular weight is 305 g/mol. The zero-order chi connectivity index (χ0) is 15.2. The Kier molecular flexibility index (Phi) is 3.08. The summed E-state index contributed by atoms with van der Waals surface area (Å²) >= 11 is 0. The van der Waals surface area contributed by atoms with Crippen LogP contribution in [0.25, 0.3) is 0 Å². The predicted octanol–water partition coefficient (Wildman–Crippen LogP) is 3.85. The lowest BCUT2D eigenvalue weighted by Crippen LogP contribution is -2.33. The first kappa shape index (κ1) is 13.4. The molecule has 0 bridgehead atoms. The van der Waals surface area contributed by atoms with E-state index in [1.54, 1.807) is 0 Å². The lowest BCUT2D eigenvalue weighted by atomic mass is 9.84. The van der Waals surface area contributed by atoms with Crippen molar-refractivity contribution in [3.63, 3.8) is 0 Å². The molecule has 0 spiro atoms. The van der Waals surface area contributed by atoms with E-state index in [-0.39, 0.29) is 0 Å². The minimum absolute atomic E-state index is 0.427. The number of para-hydroxylation sites is 3. The van der Waals surface area contributed by atoms with Crippen LogP contribution in [0.5, 0.6) is 0 Å². The summed E-state index contributed by atoms with van der Waals surface area (Å²) in [4.78, 5) is 2.54. The number of hydrogen-bond acceptors (Lipinski definition) is 3. The van der Waals surface area contributed by atoms with Crippen molar-refractivity contribution in [3.8, 4) is 0 Å². The number of fused-ring (bicyclic) bond motifs is 2. The number of nitrogens with one attached hydrogen (secondary N) is 2. The summed E-state index contributed by atoms with van der Waals surface area (Å²) < 4.78 is 0. The van der Waals surface area contributed by atoms with Gasteiger partial charge in [-0.25, -0.2) is 0 Å². The molecule has 3 heterocycles. The van der Waals surface area contributed by atoms with E-state index in [0.717, 1.165) is 26.1 Å². The Morgan fingerprint density at radius 2 is 1.83 bits per heavy atom. The van der Waals surface area contributed by atoms with Gasteiger partial charge in [0.15, 0.2) is 0 Å². The third-order valence-electron chi connectivity index (χ3n) is 5.72. The van der Waals surface area contributed by atoms with Crippen molar-refractivity contribution in [2.24, 2.45) is 5.92 Å². The molecule has 0 saturated carbocycles. The fraction of sp³-hybridized carbons (Fsp3) is 0.400. The second kappa shape index (κ2) is 5.27. The van der Waals surface area contributed by atoms with E-state index in [4.69, 9.17) is 0 Å². The largest absolute Gasteiger partial charge is 0.376 e. The molecule has 0 aromatic heterocycles. The smallest absolute Gasteiger partial charge is 0.0646 e. The quantitative estimate of drug-likeness (QED) is 0.838. The van der Waals surface area contributed by atoms with Gasteiger partial charge in [0.1, 0.15) is 0 Å². The molecule has 2 aromatic rings.